The van der Waals surface area contributed by atoms with Gasteiger partial charge in [0.05, 0.1) is 23.4 Å². The Hall–Kier alpha value is -1.46. The van der Waals surface area contributed by atoms with E-state index in [2.05, 4.69) is 106 Å². The zero-order valence-corrected chi connectivity index (χ0v) is 29.8. The number of epoxide rings is 2. The molecule has 4 heteroatoms. The molecule has 4 fully saturated rings. The van der Waals surface area contributed by atoms with E-state index in [0.717, 1.165) is 77.0 Å². The number of rotatable bonds is 14. The molecule has 0 amide bonds. The van der Waals surface area contributed by atoms with Crippen LogP contribution in [0.4, 0.5) is 0 Å². The molecule has 0 aromatic rings. The summed E-state index contributed by atoms with van der Waals surface area (Å²) < 4.78 is 12.7. The lowest BCUT2D eigenvalue weighted by atomic mass is 9.61. The molecule has 0 radical (unpaired) electrons. The lowest BCUT2D eigenvalue weighted by Crippen LogP contribution is -2.47. The van der Waals surface area contributed by atoms with Gasteiger partial charge in [-0.2, -0.15) is 0 Å². The number of fused-ring (bicyclic) bond motifs is 2. The van der Waals surface area contributed by atoms with Gasteiger partial charge in [0.25, 0.3) is 0 Å². The van der Waals surface area contributed by atoms with Crippen LogP contribution in [0.25, 0.3) is 0 Å². The van der Waals surface area contributed by atoms with Crippen LogP contribution in [0.1, 0.15) is 146 Å². The van der Waals surface area contributed by atoms with Crippen LogP contribution in [-0.4, -0.2) is 44.8 Å². The zero-order chi connectivity index (χ0) is 32.6. The number of aliphatic hydroxyl groups is 2. The summed E-state index contributed by atoms with van der Waals surface area (Å²) in [5, 5.41) is 20.6. The summed E-state index contributed by atoms with van der Waals surface area (Å²) in [7, 11) is 0. The molecule has 2 aliphatic carbocycles. The van der Waals surface area contributed by atoms with E-state index in [9.17, 15) is 10.2 Å². The highest BCUT2D eigenvalue weighted by Crippen LogP contribution is 2.68. The van der Waals surface area contributed by atoms with E-state index in [4.69, 9.17) is 9.47 Å². The van der Waals surface area contributed by atoms with E-state index in [0.29, 0.717) is 0 Å². The van der Waals surface area contributed by atoms with Crippen molar-refractivity contribution < 1.29 is 19.7 Å². The molecule has 4 rings (SSSR count). The zero-order valence-electron chi connectivity index (χ0n) is 29.8. The molecule has 6 atom stereocenters. The predicted octanol–water partition coefficient (Wildman–Crippen LogP) is 9.87. The Bertz CT molecular complexity index is 1110. The van der Waals surface area contributed by atoms with Gasteiger partial charge in [-0.3, -0.25) is 0 Å². The third-order valence-corrected chi connectivity index (χ3v) is 12.0. The van der Waals surface area contributed by atoms with Crippen LogP contribution in [0.3, 0.4) is 0 Å². The minimum absolute atomic E-state index is 0.0147. The van der Waals surface area contributed by atoms with Crippen LogP contribution in [0.2, 0.25) is 0 Å². The Morgan fingerprint density at radius 1 is 0.568 bits per heavy atom. The molecule has 0 unspecified atom stereocenters. The van der Waals surface area contributed by atoms with Gasteiger partial charge in [-0.1, -0.05) is 86.4 Å². The van der Waals surface area contributed by atoms with Crippen molar-refractivity contribution in [1.29, 1.82) is 0 Å². The Kier molecular flexibility index (Phi) is 10.4. The van der Waals surface area contributed by atoms with Gasteiger partial charge in [0.1, 0.15) is 11.2 Å². The van der Waals surface area contributed by atoms with Gasteiger partial charge in [-0.15, -0.1) is 0 Å². The predicted molar refractivity (Wildman–Crippen MR) is 184 cm³/mol. The van der Waals surface area contributed by atoms with Crippen molar-refractivity contribution in [2.24, 2.45) is 10.8 Å². The van der Waals surface area contributed by atoms with E-state index < -0.39 is 0 Å². The van der Waals surface area contributed by atoms with Crippen molar-refractivity contribution in [2.45, 2.75) is 181 Å². The fourth-order valence-electron chi connectivity index (χ4n) is 9.35. The molecule has 2 aliphatic heterocycles. The van der Waals surface area contributed by atoms with Gasteiger partial charge in [0, 0.05) is 12.8 Å². The van der Waals surface area contributed by atoms with E-state index in [1.807, 2.05) is 0 Å². The third kappa shape index (κ3) is 7.24. The van der Waals surface area contributed by atoms with Gasteiger partial charge in [-0.05, 0) is 117 Å². The average Bonchev–Trinajstić information content (AvgIpc) is 3.73. The van der Waals surface area contributed by atoms with Crippen LogP contribution in [0.5, 0.6) is 0 Å². The molecular weight excluding hydrogens is 544 g/mol. The van der Waals surface area contributed by atoms with E-state index in [1.165, 1.54) is 22.3 Å². The van der Waals surface area contributed by atoms with Gasteiger partial charge < -0.3 is 19.7 Å². The van der Waals surface area contributed by atoms with Crippen molar-refractivity contribution in [3.05, 3.63) is 58.7 Å². The minimum atomic E-state index is -0.241. The first-order valence-electron chi connectivity index (χ1n) is 17.5. The van der Waals surface area contributed by atoms with Gasteiger partial charge in [0.2, 0.25) is 0 Å². The third-order valence-electron chi connectivity index (χ3n) is 12.0. The SMILES string of the molecule is C\C(=C/C=C/C=C(\C)CC/C=C(\C)CC[C@@]12O[C@]1(C)C[C@@H](O)CC2(C)C)CC/C=C(\C)CC[C@@]12O[C@]1(C)C[C@@H](O)CC2(C)C. The summed E-state index contributed by atoms with van der Waals surface area (Å²) >= 11 is 0. The number of aliphatic hydroxyl groups excluding tert-OH is 2. The van der Waals surface area contributed by atoms with Crippen molar-refractivity contribution in [2.75, 3.05) is 0 Å². The molecule has 4 nitrogen and oxygen atoms in total. The van der Waals surface area contributed by atoms with E-state index in [1.54, 1.807) is 0 Å². The molecule has 44 heavy (non-hydrogen) atoms. The van der Waals surface area contributed by atoms with Crippen molar-refractivity contribution in [3.8, 4) is 0 Å². The first-order chi connectivity index (χ1) is 20.4. The fourth-order valence-corrected chi connectivity index (χ4v) is 9.35. The number of hydrogen-bond donors (Lipinski definition) is 2. The maximum atomic E-state index is 10.3. The van der Waals surface area contributed by atoms with Crippen molar-refractivity contribution >= 4 is 0 Å². The number of allylic oxidation sites excluding steroid dienone is 10. The van der Waals surface area contributed by atoms with Crippen LogP contribution in [-0.2, 0) is 9.47 Å². The Morgan fingerprint density at radius 3 is 1.27 bits per heavy atom. The fraction of sp³-hybridized carbons (Fsp3) is 0.750. The molecule has 4 aliphatic rings. The van der Waals surface area contributed by atoms with E-state index >= 15 is 0 Å². The second kappa shape index (κ2) is 13.0. The molecule has 0 bridgehead atoms. The molecule has 2 N–H and O–H groups in total. The molecule has 2 heterocycles. The Labute approximate surface area is 269 Å². The van der Waals surface area contributed by atoms with Crippen LogP contribution < -0.4 is 0 Å². The largest absolute Gasteiger partial charge is 0.393 e. The van der Waals surface area contributed by atoms with Gasteiger partial charge in [-0.25, -0.2) is 0 Å². The molecule has 0 aromatic carbocycles. The van der Waals surface area contributed by atoms with Gasteiger partial charge in [0.15, 0.2) is 0 Å². The summed E-state index contributed by atoms with van der Waals surface area (Å²) in [5.74, 6) is 0. The van der Waals surface area contributed by atoms with Crippen molar-refractivity contribution in [1.82, 2.24) is 0 Å². The maximum Gasteiger partial charge on any atom is 0.103 e. The monoisotopic (exact) mass is 608 g/mol. The lowest BCUT2D eigenvalue weighted by molar-refractivity contribution is 0.0315. The Morgan fingerprint density at radius 2 is 0.932 bits per heavy atom. The van der Waals surface area contributed by atoms with E-state index in [-0.39, 0.29) is 45.4 Å². The molecule has 2 saturated heterocycles. The maximum absolute atomic E-state index is 10.3. The normalized spacial score (nSPS) is 38.5. The minimum Gasteiger partial charge on any atom is -0.393 e. The molecule has 248 valence electrons. The second-order valence-corrected chi connectivity index (χ2v) is 16.8. The standard InChI is InChI=1S/C40H64O4/c1-29(17-13-19-31(3)21-23-39-35(5,6)25-33(41)27-37(39,9)43-39)15-11-12-16-30(2)18-14-20-32(4)22-24-40-36(7,8)26-34(42)28-38(40,10)44-40/h11-12,15-16,19-20,33-34,41-42H,13-14,17-18,21-28H2,1-10H3/b12-11+,29-15+,30-16+,31-19+,32-20+/t33-,34-,37+,38+,39-,40-/m0/s1. The second-order valence-electron chi connectivity index (χ2n) is 16.8. The number of ether oxygens (including phenoxy) is 2. The first-order valence-corrected chi connectivity index (χ1v) is 17.5. The van der Waals surface area contributed by atoms with Crippen molar-refractivity contribution in [3.63, 3.8) is 0 Å². The van der Waals surface area contributed by atoms with Crippen LogP contribution >= 0.6 is 0 Å². The number of hydrogen-bond acceptors (Lipinski definition) is 4. The van der Waals surface area contributed by atoms with Gasteiger partial charge >= 0.3 is 0 Å². The summed E-state index contributed by atoms with van der Waals surface area (Å²) in [6.45, 7) is 22.4. The molecule has 0 spiro atoms. The Balaban J connectivity index is 1.13. The average molecular weight is 609 g/mol. The van der Waals surface area contributed by atoms with Crippen LogP contribution in [0.15, 0.2) is 58.7 Å². The summed E-state index contributed by atoms with van der Waals surface area (Å²) in [4.78, 5) is 0. The highest BCUT2D eigenvalue weighted by atomic mass is 16.6. The summed E-state index contributed by atoms with van der Waals surface area (Å²) in [5.41, 5.74) is 5.25. The quantitative estimate of drug-likeness (QED) is 0.117. The molecular formula is C40H64O4. The molecule has 2 saturated carbocycles. The van der Waals surface area contributed by atoms with Crippen LogP contribution in [0, 0.1) is 10.8 Å². The summed E-state index contributed by atoms with van der Waals surface area (Å²) in [6.07, 6.45) is 24.9. The topological polar surface area (TPSA) is 65.5 Å². The first kappa shape index (κ1) is 35.4. The summed E-state index contributed by atoms with van der Waals surface area (Å²) in [6, 6.07) is 0. The highest BCUT2D eigenvalue weighted by Gasteiger charge is 2.76. The smallest absolute Gasteiger partial charge is 0.103 e. The molecule has 0 aromatic heterocycles. The highest BCUT2D eigenvalue weighted by molar-refractivity contribution is 5.26. The lowest BCUT2D eigenvalue weighted by Gasteiger charge is -2.40.